The molecule has 2 rings (SSSR count). The van der Waals surface area contributed by atoms with Gasteiger partial charge in [-0.2, -0.15) is 0 Å². The fraction of sp³-hybridized carbons (Fsp3) is 0.250. The zero-order valence-corrected chi connectivity index (χ0v) is 11.5. The largest absolute Gasteiger partial charge is 0.497 e. The second-order valence-corrected chi connectivity index (χ2v) is 4.50. The Bertz CT molecular complexity index is 549. The average Bonchev–Trinajstić information content (AvgIpc) is 2.46. The first kappa shape index (κ1) is 13.4. The summed E-state index contributed by atoms with van der Waals surface area (Å²) < 4.78 is 10.6. The maximum atomic E-state index is 6.33. The molecular weight excluding hydrogens is 238 g/mol. The van der Waals surface area contributed by atoms with Crippen molar-refractivity contribution in [1.29, 1.82) is 0 Å². The van der Waals surface area contributed by atoms with E-state index in [1.165, 1.54) is 5.56 Å². The van der Waals surface area contributed by atoms with E-state index in [0.29, 0.717) is 0 Å². The van der Waals surface area contributed by atoms with Crippen molar-refractivity contribution in [3.8, 4) is 11.5 Å². The molecule has 0 aliphatic heterocycles. The number of rotatable bonds is 4. The third kappa shape index (κ3) is 2.88. The smallest absolute Gasteiger partial charge is 0.124 e. The minimum absolute atomic E-state index is 0.231. The molecular formula is C16H19NO2. The second-order valence-electron chi connectivity index (χ2n) is 4.50. The van der Waals surface area contributed by atoms with Crippen molar-refractivity contribution in [2.75, 3.05) is 14.2 Å². The molecule has 0 bridgehead atoms. The van der Waals surface area contributed by atoms with Gasteiger partial charge in [0.05, 0.1) is 20.3 Å². The molecule has 19 heavy (non-hydrogen) atoms. The van der Waals surface area contributed by atoms with Gasteiger partial charge in [-0.05, 0) is 30.7 Å². The highest BCUT2D eigenvalue weighted by Crippen LogP contribution is 2.31. The zero-order valence-electron chi connectivity index (χ0n) is 11.5. The van der Waals surface area contributed by atoms with E-state index in [1.807, 2.05) is 30.3 Å². The van der Waals surface area contributed by atoms with E-state index in [9.17, 15) is 0 Å². The molecule has 0 aliphatic rings. The van der Waals surface area contributed by atoms with Crippen LogP contribution in [0.3, 0.4) is 0 Å². The molecule has 0 saturated heterocycles. The molecule has 2 aromatic carbocycles. The molecule has 0 saturated carbocycles. The number of nitrogens with two attached hydrogens (primary N) is 1. The van der Waals surface area contributed by atoms with Crippen molar-refractivity contribution in [3.05, 3.63) is 59.2 Å². The molecule has 0 aromatic heterocycles. The van der Waals surface area contributed by atoms with Gasteiger partial charge in [-0.1, -0.05) is 29.8 Å². The quantitative estimate of drug-likeness (QED) is 0.915. The van der Waals surface area contributed by atoms with Crippen molar-refractivity contribution >= 4 is 0 Å². The minimum Gasteiger partial charge on any atom is -0.497 e. The van der Waals surface area contributed by atoms with Crippen LogP contribution in [0.4, 0.5) is 0 Å². The highest BCUT2D eigenvalue weighted by atomic mass is 16.5. The zero-order chi connectivity index (χ0) is 13.8. The van der Waals surface area contributed by atoms with E-state index in [-0.39, 0.29) is 6.04 Å². The molecule has 0 amide bonds. The minimum atomic E-state index is -0.231. The lowest BCUT2D eigenvalue weighted by atomic mass is 9.97. The van der Waals surface area contributed by atoms with Crippen LogP contribution in [0, 0.1) is 6.92 Å². The summed E-state index contributed by atoms with van der Waals surface area (Å²) in [6.45, 7) is 2.06. The van der Waals surface area contributed by atoms with Gasteiger partial charge < -0.3 is 15.2 Å². The summed E-state index contributed by atoms with van der Waals surface area (Å²) in [6, 6.07) is 13.6. The summed E-state index contributed by atoms with van der Waals surface area (Å²) in [7, 11) is 3.29. The number of hydrogen-bond acceptors (Lipinski definition) is 3. The van der Waals surface area contributed by atoms with Crippen LogP contribution in [-0.2, 0) is 0 Å². The molecule has 0 heterocycles. The molecule has 100 valence electrons. The van der Waals surface area contributed by atoms with E-state index in [4.69, 9.17) is 15.2 Å². The summed E-state index contributed by atoms with van der Waals surface area (Å²) >= 11 is 0. The van der Waals surface area contributed by atoms with Crippen LogP contribution in [-0.4, -0.2) is 14.2 Å². The van der Waals surface area contributed by atoms with Gasteiger partial charge in [0, 0.05) is 5.56 Å². The molecule has 3 nitrogen and oxygen atoms in total. The highest BCUT2D eigenvalue weighted by Gasteiger charge is 2.15. The van der Waals surface area contributed by atoms with E-state index in [2.05, 4.69) is 19.1 Å². The maximum absolute atomic E-state index is 6.33. The first-order valence-corrected chi connectivity index (χ1v) is 6.19. The van der Waals surface area contributed by atoms with Crippen LogP contribution in [0.15, 0.2) is 42.5 Å². The molecule has 1 unspecified atom stereocenters. The molecule has 3 heteroatoms. The van der Waals surface area contributed by atoms with Crippen LogP contribution >= 0.6 is 0 Å². The molecule has 0 radical (unpaired) electrons. The summed E-state index contributed by atoms with van der Waals surface area (Å²) in [5.41, 5.74) is 9.52. The molecule has 1 atom stereocenters. The van der Waals surface area contributed by atoms with Crippen LogP contribution in [0.2, 0.25) is 0 Å². The van der Waals surface area contributed by atoms with Crippen molar-refractivity contribution < 1.29 is 9.47 Å². The Balaban J connectivity index is 2.41. The van der Waals surface area contributed by atoms with Gasteiger partial charge in [0.2, 0.25) is 0 Å². The molecule has 0 spiro atoms. The lowest BCUT2D eigenvalue weighted by molar-refractivity contribution is 0.397. The fourth-order valence-electron chi connectivity index (χ4n) is 2.04. The van der Waals surface area contributed by atoms with Crippen LogP contribution in [0.25, 0.3) is 0 Å². The number of benzene rings is 2. The van der Waals surface area contributed by atoms with Crippen LogP contribution < -0.4 is 15.2 Å². The topological polar surface area (TPSA) is 44.5 Å². The lowest BCUT2D eigenvalue weighted by Crippen LogP contribution is -2.13. The van der Waals surface area contributed by atoms with E-state index < -0.39 is 0 Å². The fourth-order valence-corrected chi connectivity index (χ4v) is 2.04. The first-order chi connectivity index (χ1) is 9.15. The summed E-state index contributed by atoms with van der Waals surface area (Å²) in [5.74, 6) is 1.55. The molecule has 0 fully saturated rings. The average molecular weight is 257 g/mol. The van der Waals surface area contributed by atoms with Gasteiger partial charge in [0.25, 0.3) is 0 Å². The Morgan fingerprint density at radius 3 is 2.21 bits per heavy atom. The van der Waals surface area contributed by atoms with Crippen LogP contribution in [0.1, 0.15) is 22.7 Å². The standard InChI is InChI=1S/C16H19NO2/c1-11-4-6-12(7-5-11)16(17)14-10-13(18-2)8-9-15(14)19-3/h4-10,16H,17H2,1-3H3. The van der Waals surface area contributed by atoms with Crippen LogP contribution in [0.5, 0.6) is 11.5 Å². The number of aryl methyl sites for hydroxylation is 1. The van der Waals surface area contributed by atoms with Gasteiger partial charge in [0.15, 0.2) is 0 Å². The van der Waals surface area contributed by atoms with Gasteiger partial charge >= 0.3 is 0 Å². The van der Waals surface area contributed by atoms with Crippen molar-refractivity contribution in [1.82, 2.24) is 0 Å². The number of methoxy groups -OCH3 is 2. The molecule has 2 N–H and O–H groups in total. The third-order valence-electron chi connectivity index (χ3n) is 3.21. The Hall–Kier alpha value is -2.00. The van der Waals surface area contributed by atoms with Gasteiger partial charge in [-0.3, -0.25) is 0 Å². The van der Waals surface area contributed by atoms with E-state index >= 15 is 0 Å². The normalized spacial score (nSPS) is 12.0. The third-order valence-corrected chi connectivity index (χ3v) is 3.21. The van der Waals surface area contributed by atoms with Crippen molar-refractivity contribution in [2.24, 2.45) is 5.73 Å². The second kappa shape index (κ2) is 5.76. The van der Waals surface area contributed by atoms with E-state index in [0.717, 1.165) is 22.6 Å². The van der Waals surface area contributed by atoms with Crippen molar-refractivity contribution in [2.45, 2.75) is 13.0 Å². The monoisotopic (exact) mass is 257 g/mol. The van der Waals surface area contributed by atoms with Gasteiger partial charge in [-0.25, -0.2) is 0 Å². The Kier molecular flexibility index (Phi) is 4.07. The predicted octanol–water partition coefficient (Wildman–Crippen LogP) is 3.06. The summed E-state index contributed by atoms with van der Waals surface area (Å²) in [5, 5.41) is 0. The van der Waals surface area contributed by atoms with E-state index in [1.54, 1.807) is 14.2 Å². The highest BCUT2D eigenvalue weighted by molar-refractivity contribution is 5.46. The predicted molar refractivity (Wildman–Crippen MR) is 76.8 cm³/mol. The molecule has 2 aromatic rings. The SMILES string of the molecule is COc1ccc(OC)c(C(N)c2ccc(C)cc2)c1. The Labute approximate surface area is 114 Å². The Morgan fingerprint density at radius 2 is 1.63 bits per heavy atom. The van der Waals surface area contributed by atoms with Gasteiger partial charge in [0.1, 0.15) is 11.5 Å². The van der Waals surface area contributed by atoms with Gasteiger partial charge in [-0.15, -0.1) is 0 Å². The summed E-state index contributed by atoms with van der Waals surface area (Å²) in [6.07, 6.45) is 0. The lowest BCUT2D eigenvalue weighted by Gasteiger charge is -2.17. The number of hydrogen-bond donors (Lipinski definition) is 1. The first-order valence-electron chi connectivity index (χ1n) is 6.19. The molecule has 0 aliphatic carbocycles. The maximum Gasteiger partial charge on any atom is 0.124 e. The summed E-state index contributed by atoms with van der Waals surface area (Å²) in [4.78, 5) is 0. The van der Waals surface area contributed by atoms with Crippen molar-refractivity contribution in [3.63, 3.8) is 0 Å². The number of ether oxygens (including phenoxy) is 2. The Morgan fingerprint density at radius 1 is 0.947 bits per heavy atom.